The number of hydrogen-bond donors (Lipinski definition) is 3. The number of nitrogens with zero attached hydrogens (tertiary/aromatic N) is 1. The number of nitrogens with one attached hydrogen (secondary N) is 3. The van der Waals surface area contributed by atoms with Gasteiger partial charge in [0.2, 0.25) is 0 Å². The minimum absolute atomic E-state index is 0.222. The predicted octanol–water partition coefficient (Wildman–Crippen LogP) is 3.47. The highest BCUT2D eigenvalue weighted by Crippen LogP contribution is 2.19. The molecule has 0 aliphatic carbocycles. The molecule has 0 spiro atoms. The highest BCUT2D eigenvalue weighted by Gasteiger charge is 2.13. The van der Waals surface area contributed by atoms with Gasteiger partial charge in [0.1, 0.15) is 5.82 Å². The Kier molecular flexibility index (Phi) is 7.91. The first kappa shape index (κ1) is 20.2. The Bertz CT molecular complexity index is 711. The van der Waals surface area contributed by atoms with Gasteiger partial charge >= 0.3 is 0 Å². The third-order valence-electron chi connectivity index (χ3n) is 4.49. The molecule has 0 radical (unpaired) electrons. The normalized spacial score (nSPS) is 13.4. The monoisotopic (exact) mass is 362 g/mol. The van der Waals surface area contributed by atoms with Crippen LogP contribution in [0.2, 0.25) is 0 Å². The Hall–Kier alpha value is -2.08. The lowest BCUT2D eigenvalue weighted by molar-refractivity contribution is 0.0258. The molecule has 3 N–H and O–H groups in total. The van der Waals surface area contributed by atoms with Crippen LogP contribution in [0.5, 0.6) is 0 Å². The maximum Gasteiger partial charge on any atom is 0.190 e. The van der Waals surface area contributed by atoms with Gasteiger partial charge in [-0.05, 0) is 49.4 Å². The third-order valence-corrected chi connectivity index (χ3v) is 4.49. The van der Waals surface area contributed by atoms with E-state index < -0.39 is 0 Å². The molecule has 0 bridgehead atoms. The summed E-state index contributed by atoms with van der Waals surface area (Å²) in [7, 11) is 1.77. The van der Waals surface area contributed by atoms with Crippen LogP contribution in [-0.2, 0) is 11.2 Å². The largest absolute Gasteiger partial charge is 0.378 e. The van der Waals surface area contributed by atoms with E-state index in [0.717, 1.165) is 49.4 Å². The van der Waals surface area contributed by atoms with E-state index in [4.69, 9.17) is 4.74 Å². The van der Waals surface area contributed by atoms with E-state index in [2.05, 4.69) is 34.5 Å². The van der Waals surface area contributed by atoms with Gasteiger partial charge in [-0.3, -0.25) is 4.99 Å². The summed E-state index contributed by atoms with van der Waals surface area (Å²) in [4.78, 5) is 7.39. The van der Waals surface area contributed by atoms with E-state index in [0.29, 0.717) is 5.92 Å². The lowest BCUT2D eigenvalue weighted by atomic mass is 10.0. The van der Waals surface area contributed by atoms with Gasteiger partial charge in [0.25, 0.3) is 0 Å². The second-order valence-electron chi connectivity index (χ2n) is 6.71. The van der Waals surface area contributed by atoms with Crippen molar-refractivity contribution in [1.29, 1.82) is 0 Å². The zero-order valence-corrected chi connectivity index (χ0v) is 16.2. The van der Waals surface area contributed by atoms with Gasteiger partial charge in [0, 0.05) is 43.8 Å². The quantitative estimate of drug-likeness (QED) is 0.473. The Morgan fingerprint density at radius 1 is 1.27 bits per heavy atom. The number of ether oxygens (including phenoxy) is 1. The number of aromatic nitrogens is 1. The van der Waals surface area contributed by atoms with Crippen molar-refractivity contribution in [3.8, 4) is 0 Å². The lowest BCUT2D eigenvalue weighted by Gasteiger charge is -2.21. The summed E-state index contributed by atoms with van der Waals surface area (Å²) in [6.45, 7) is 8.70. The first-order chi connectivity index (χ1) is 12.5. The molecule has 1 unspecified atom stereocenters. The van der Waals surface area contributed by atoms with Crippen LogP contribution in [0.15, 0.2) is 29.4 Å². The zero-order valence-electron chi connectivity index (χ0n) is 16.2. The van der Waals surface area contributed by atoms with Crippen molar-refractivity contribution in [1.82, 2.24) is 15.6 Å². The smallest absolute Gasteiger partial charge is 0.190 e. The summed E-state index contributed by atoms with van der Waals surface area (Å²) >= 11 is 0. The summed E-state index contributed by atoms with van der Waals surface area (Å²) < 4.78 is 19.0. The topological polar surface area (TPSA) is 61.4 Å². The molecule has 0 saturated heterocycles. The molecule has 2 rings (SSSR count). The second-order valence-corrected chi connectivity index (χ2v) is 6.71. The molecule has 1 aromatic carbocycles. The molecule has 0 aliphatic rings. The lowest BCUT2D eigenvalue weighted by Crippen LogP contribution is -2.40. The molecule has 0 saturated carbocycles. The Morgan fingerprint density at radius 3 is 2.73 bits per heavy atom. The van der Waals surface area contributed by atoms with Crippen LogP contribution in [0.4, 0.5) is 4.39 Å². The number of guanidine groups is 1. The van der Waals surface area contributed by atoms with Crippen molar-refractivity contribution in [3.05, 3.63) is 35.8 Å². The molecule has 1 aromatic heterocycles. The third kappa shape index (κ3) is 5.73. The molecule has 0 fully saturated rings. The van der Waals surface area contributed by atoms with Crippen molar-refractivity contribution >= 4 is 16.9 Å². The molecular weight excluding hydrogens is 331 g/mol. The summed E-state index contributed by atoms with van der Waals surface area (Å²) in [5.74, 6) is 1.06. The van der Waals surface area contributed by atoms with Crippen molar-refractivity contribution < 1.29 is 9.13 Å². The standard InChI is InChI=1S/C20H31FN4O/c1-5-26-19(14(2)3)9-11-24-20(22-4)23-10-8-15-13-25-18-12-16(21)6-7-17(15)18/h6-7,12-14,19,25H,5,8-11H2,1-4H3,(H2,22,23,24). The number of halogens is 1. The van der Waals surface area contributed by atoms with Crippen LogP contribution in [0.25, 0.3) is 10.9 Å². The van der Waals surface area contributed by atoms with Gasteiger partial charge in [0.15, 0.2) is 5.96 Å². The van der Waals surface area contributed by atoms with Crippen molar-refractivity contribution in [2.45, 2.75) is 39.7 Å². The first-order valence-corrected chi connectivity index (χ1v) is 9.36. The van der Waals surface area contributed by atoms with Gasteiger partial charge in [-0.15, -0.1) is 0 Å². The maximum absolute atomic E-state index is 13.3. The van der Waals surface area contributed by atoms with E-state index in [1.54, 1.807) is 7.05 Å². The van der Waals surface area contributed by atoms with E-state index in [1.807, 2.05) is 19.2 Å². The minimum atomic E-state index is -0.222. The highest BCUT2D eigenvalue weighted by molar-refractivity contribution is 5.83. The fourth-order valence-corrected chi connectivity index (χ4v) is 3.06. The summed E-state index contributed by atoms with van der Waals surface area (Å²) in [6.07, 6.45) is 3.98. The molecule has 144 valence electrons. The van der Waals surface area contributed by atoms with Crippen LogP contribution in [-0.4, -0.2) is 43.8 Å². The van der Waals surface area contributed by atoms with Gasteiger partial charge in [-0.25, -0.2) is 4.39 Å². The number of H-pyrrole nitrogens is 1. The van der Waals surface area contributed by atoms with Gasteiger partial charge in [-0.1, -0.05) is 13.8 Å². The summed E-state index contributed by atoms with van der Waals surface area (Å²) in [6, 6.07) is 4.84. The Labute approximate surface area is 155 Å². The number of benzene rings is 1. The molecule has 5 nitrogen and oxygen atoms in total. The van der Waals surface area contributed by atoms with Crippen LogP contribution < -0.4 is 10.6 Å². The fourth-order valence-electron chi connectivity index (χ4n) is 3.06. The molecular formula is C20H31FN4O. The van der Waals surface area contributed by atoms with E-state index in [9.17, 15) is 4.39 Å². The summed E-state index contributed by atoms with van der Waals surface area (Å²) in [5, 5.41) is 7.73. The molecule has 0 amide bonds. The van der Waals surface area contributed by atoms with Crippen LogP contribution >= 0.6 is 0 Å². The SMILES string of the molecule is CCOC(CCNC(=NC)NCCc1c[nH]c2cc(F)ccc12)C(C)C. The average molecular weight is 362 g/mol. The molecule has 6 heteroatoms. The van der Waals surface area contributed by atoms with Crippen molar-refractivity contribution in [2.75, 3.05) is 26.7 Å². The van der Waals surface area contributed by atoms with Gasteiger partial charge in [0.05, 0.1) is 6.10 Å². The van der Waals surface area contributed by atoms with Gasteiger partial charge in [-0.2, -0.15) is 0 Å². The van der Waals surface area contributed by atoms with Crippen LogP contribution in [0.3, 0.4) is 0 Å². The number of aliphatic imine (C=N–C) groups is 1. The highest BCUT2D eigenvalue weighted by atomic mass is 19.1. The predicted molar refractivity (Wildman–Crippen MR) is 106 cm³/mol. The zero-order chi connectivity index (χ0) is 18.9. The van der Waals surface area contributed by atoms with E-state index >= 15 is 0 Å². The van der Waals surface area contributed by atoms with Crippen LogP contribution in [0, 0.1) is 11.7 Å². The number of aromatic amines is 1. The molecule has 26 heavy (non-hydrogen) atoms. The van der Waals surface area contributed by atoms with E-state index in [-0.39, 0.29) is 11.9 Å². The Balaban J connectivity index is 1.78. The maximum atomic E-state index is 13.3. The van der Waals surface area contributed by atoms with Gasteiger partial charge < -0.3 is 20.4 Å². The number of fused-ring (bicyclic) bond motifs is 1. The minimum Gasteiger partial charge on any atom is -0.378 e. The second kappa shape index (κ2) is 10.2. The molecule has 1 atom stereocenters. The summed E-state index contributed by atoms with van der Waals surface area (Å²) in [5.41, 5.74) is 2.00. The fraction of sp³-hybridized carbons (Fsp3) is 0.550. The van der Waals surface area contributed by atoms with Crippen molar-refractivity contribution in [2.24, 2.45) is 10.9 Å². The first-order valence-electron chi connectivity index (χ1n) is 9.36. The molecule has 0 aliphatic heterocycles. The molecule has 2 aromatic rings. The van der Waals surface area contributed by atoms with Crippen molar-refractivity contribution in [3.63, 3.8) is 0 Å². The average Bonchev–Trinajstić information content (AvgIpc) is 3.01. The van der Waals surface area contributed by atoms with Crippen LogP contribution in [0.1, 0.15) is 32.8 Å². The van der Waals surface area contributed by atoms with E-state index in [1.165, 1.54) is 17.7 Å². The Morgan fingerprint density at radius 2 is 2.04 bits per heavy atom. The number of hydrogen-bond acceptors (Lipinski definition) is 2. The molecule has 1 heterocycles. The number of rotatable bonds is 9.